The maximum absolute atomic E-state index is 10.5. The first-order valence-electron chi connectivity index (χ1n) is 5.33. The number of rotatable bonds is 2. The van der Waals surface area contributed by atoms with Crippen molar-refractivity contribution in [2.75, 3.05) is 0 Å². The highest BCUT2D eigenvalue weighted by molar-refractivity contribution is 5.19. The predicted octanol–water partition coefficient (Wildman–Crippen LogP) is 2.79. The monoisotopic (exact) mass is 241 g/mol. The summed E-state index contributed by atoms with van der Waals surface area (Å²) in [7, 11) is 0. The van der Waals surface area contributed by atoms with E-state index in [-0.39, 0.29) is 5.88 Å². The third-order valence-corrected chi connectivity index (χ3v) is 3.28. The summed E-state index contributed by atoms with van der Waals surface area (Å²) in [5.74, 6) is 0.00469. The van der Waals surface area contributed by atoms with E-state index < -0.39 is 22.4 Å². The van der Waals surface area contributed by atoms with Crippen LogP contribution < -0.4 is 0 Å². The standard InChI is InChI=1S/C11H15NO5/c1-10(2)11(3,4)17-9(16-10)7-5-6-8(15-7)12(13)14/h5-6,9H,1-4H3. The molecule has 6 heteroatoms. The third-order valence-electron chi connectivity index (χ3n) is 3.28. The minimum absolute atomic E-state index is 0.310. The van der Waals surface area contributed by atoms with E-state index in [1.165, 1.54) is 12.1 Å². The molecule has 1 fully saturated rings. The molecule has 0 saturated carbocycles. The summed E-state index contributed by atoms with van der Waals surface area (Å²) in [5.41, 5.74) is -0.974. The minimum Gasteiger partial charge on any atom is -0.400 e. The van der Waals surface area contributed by atoms with Gasteiger partial charge in [0.05, 0.1) is 17.3 Å². The molecule has 6 nitrogen and oxygen atoms in total. The van der Waals surface area contributed by atoms with E-state index in [0.717, 1.165) is 0 Å². The van der Waals surface area contributed by atoms with Crippen molar-refractivity contribution in [3.05, 3.63) is 28.0 Å². The molecule has 0 aromatic carbocycles. The number of nitro groups is 1. The highest BCUT2D eigenvalue weighted by Gasteiger charge is 2.50. The Bertz CT molecular complexity index is 432. The quantitative estimate of drug-likeness (QED) is 0.587. The van der Waals surface area contributed by atoms with E-state index in [0.29, 0.717) is 5.76 Å². The molecule has 1 saturated heterocycles. The Labute approximate surface area is 98.7 Å². The van der Waals surface area contributed by atoms with Gasteiger partial charge in [0.1, 0.15) is 4.92 Å². The fourth-order valence-corrected chi connectivity index (χ4v) is 1.53. The van der Waals surface area contributed by atoms with Crippen molar-refractivity contribution in [2.45, 2.75) is 45.2 Å². The Morgan fingerprint density at radius 1 is 1.18 bits per heavy atom. The topological polar surface area (TPSA) is 74.7 Å². The van der Waals surface area contributed by atoms with Crippen LogP contribution in [-0.2, 0) is 9.47 Å². The molecule has 0 radical (unpaired) electrons. The van der Waals surface area contributed by atoms with Gasteiger partial charge >= 0.3 is 5.88 Å². The Hall–Kier alpha value is -1.40. The second-order valence-electron chi connectivity index (χ2n) is 5.02. The van der Waals surface area contributed by atoms with Gasteiger partial charge in [-0.05, 0) is 33.8 Å². The molecule has 1 aliphatic heterocycles. The van der Waals surface area contributed by atoms with Crippen molar-refractivity contribution in [3.63, 3.8) is 0 Å². The van der Waals surface area contributed by atoms with E-state index in [9.17, 15) is 10.1 Å². The molecular weight excluding hydrogens is 226 g/mol. The van der Waals surface area contributed by atoms with Crippen LogP contribution in [0.4, 0.5) is 5.88 Å². The molecule has 0 bridgehead atoms. The van der Waals surface area contributed by atoms with E-state index in [1.54, 1.807) is 0 Å². The molecule has 0 spiro atoms. The normalized spacial score (nSPS) is 22.8. The lowest BCUT2D eigenvalue weighted by Crippen LogP contribution is -2.41. The molecule has 2 rings (SSSR count). The van der Waals surface area contributed by atoms with Crippen LogP contribution in [0.1, 0.15) is 39.7 Å². The zero-order valence-corrected chi connectivity index (χ0v) is 10.2. The summed E-state index contributed by atoms with van der Waals surface area (Å²) in [6, 6.07) is 2.79. The SMILES string of the molecule is CC1(C)OC(c2ccc([N+](=O)[O-])o2)OC1(C)C. The van der Waals surface area contributed by atoms with Gasteiger partial charge in [0.25, 0.3) is 0 Å². The zero-order valence-electron chi connectivity index (χ0n) is 10.2. The fourth-order valence-electron chi connectivity index (χ4n) is 1.53. The molecule has 0 aliphatic carbocycles. The van der Waals surface area contributed by atoms with Gasteiger partial charge in [-0.1, -0.05) is 0 Å². The van der Waals surface area contributed by atoms with Crippen molar-refractivity contribution in [1.82, 2.24) is 0 Å². The van der Waals surface area contributed by atoms with Crippen molar-refractivity contribution >= 4 is 5.88 Å². The van der Waals surface area contributed by atoms with Crippen LogP contribution in [0.3, 0.4) is 0 Å². The van der Waals surface area contributed by atoms with Crippen molar-refractivity contribution < 1.29 is 18.8 Å². The predicted molar refractivity (Wildman–Crippen MR) is 58.4 cm³/mol. The molecule has 0 N–H and O–H groups in total. The summed E-state index contributed by atoms with van der Waals surface area (Å²) < 4.78 is 16.5. The lowest BCUT2D eigenvalue weighted by Gasteiger charge is -2.30. The number of hydrogen-bond donors (Lipinski definition) is 0. The number of hydrogen-bond acceptors (Lipinski definition) is 5. The largest absolute Gasteiger partial charge is 0.433 e. The van der Waals surface area contributed by atoms with E-state index in [1.807, 2.05) is 27.7 Å². The fraction of sp³-hybridized carbons (Fsp3) is 0.636. The van der Waals surface area contributed by atoms with Crippen molar-refractivity contribution in [1.29, 1.82) is 0 Å². The molecule has 17 heavy (non-hydrogen) atoms. The van der Waals surface area contributed by atoms with E-state index >= 15 is 0 Å². The van der Waals surface area contributed by atoms with Crippen LogP contribution in [0, 0.1) is 10.1 Å². The molecule has 94 valence electrons. The summed E-state index contributed by atoms with van der Waals surface area (Å²) in [6.45, 7) is 7.63. The van der Waals surface area contributed by atoms with Crippen LogP contribution in [0.25, 0.3) is 0 Å². The number of nitrogens with zero attached hydrogens (tertiary/aromatic N) is 1. The van der Waals surface area contributed by atoms with E-state index in [2.05, 4.69) is 0 Å². The molecule has 1 aromatic rings. The Morgan fingerprint density at radius 3 is 2.12 bits per heavy atom. The van der Waals surface area contributed by atoms with Gasteiger partial charge in [-0.15, -0.1) is 0 Å². The average molecular weight is 241 g/mol. The van der Waals surface area contributed by atoms with Crippen LogP contribution in [0.2, 0.25) is 0 Å². The molecule has 0 atom stereocenters. The van der Waals surface area contributed by atoms with Crippen LogP contribution in [0.15, 0.2) is 16.5 Å². The minimum atomic E-state index is -0.700. The van der Waals surface area contributed by atoms with Gasteiger partial charge in [-0.25, -0.2) is 0 Å². The molecule has 1 aliphatic rings. The van der Waals surface area contributed by atoms with Gasteiger partial charge in [-0.3, -0.25) is 10.1 Å². The van der Waals surface area contributed by atoms with E-state index in [4.69, 9.17) is 13.9 Å². The molecular formula is C11H15NO5. The second-order valence-corrected chi connectivity index (χ2v) is 5.02. The summed E-state index contributed by atoms with van der Waals surface area (Å²) in [6.07, 6.45) is -0.700. The van der Waals surface area contributed by atoms with Gasteiger partial charge < -0.3 is 13.9 Å². The molecule has 0 unspecified atom stereocenters. The maximum Gasteiger partial charge on any atom is 0.433 e. The summed E-state index contributed by atoms with van der Waals surface area (Å²) in [5, 5.41) is 10.5. The third kappa shape index (κ3) is 1.94. The van der Waals surface area contributed by atoms with Crippen LogP contribution >= 0.6 is 0 Å². The van der Waals surface area contributed by atoms with Gasteiger partial charge in [0, 0.05) is 0 Å². The highest BCUT2D eigenvalue weighted by atomic mass is 16.8. The average Bonchev–Trinajstić information content (AvgIpc) is 2.70. The number of furan rings is 1. The zero-order chi connectivity index (χ0) is 12.8. The Morgan fingerprint density at radius 2 is 1.71 bits per heavy atom. The first-order valence-corrected chi connectivity index (χ1v) is 5.33. The molecule has 0 amide bonds. The van der Waals surface area contributed by atoms with Gasteiger partial charge in [0.2, 0.25) is 6.29 Å². The smallest absolute Gasteiger partial charge is 0.400 e. The lowest BCUT2D eigenvalue weighted by molar-refractivity contribution is -0.402. The highest BCUT2D eigenvalue weighted by Crippen LogP contribution is 2.45. The lowest BCUT2D eigenvalue weighted by atomic mass is 9.90. The summed E-state index contributed by atoms with van der Waals surface area (Å²) in [4.78, 5) is 9.93. The van der Waals surface area contributed by atoms with Crippen molar-refractivity contribution in [3.8, 4) is 0 Å². The van der Waals surface area contributed by atoms with Crippen LogP contribution in [-0.4, -0.2) is 16.1 Å². The van der Waals surface area contributed by atoms with Gasteiger partial charge in [0.15, 0.2) is 5.76 Å². The molecule has 2 heterocycles. The maximum atomic E-state index is 10.5. The first-order chi connectivity index (χ1) is 7.73. The Balaban J connectivity index is 2.23. The summed E-state index contributed by atoms with van der Waals surface area (Å²) >= 11 is 0. The van der Waals surface area contributed by atoms with Crippen molar-refractivity contribution in [2.24, 2.45) is 0 Å². The van der Waals surface area contributed by atoms with Crippen LogP contribution in [0.5, 0.6) is 0 Å². The van der Waals surface area contributed by atoms with Gasteiger partial charge in [-0.2, -0.15) is 0 Å². The molecule has 1 aromatic heterocycles. The first kappa shape index (κ1) is 12.1. The second kappa shape index (κ2) is 3.54. The number of ether oxygens (including phenoxy) is 2. The Kier molecular flexibility index (Phi) is 2.52.